The minimum absolute atomic E-state index is 0.359. The Labute approximate surface area is 123 Å². The molecule has 0 aliphatic carbocycles. The number of rotatable bonds is 3. The van der Waals surface area contributed by atoms with Crippen molar-refractivity contribution in [1.29, 1.82) is 0 Å². The topological polar surface area (TPSA) is 44.4 Å². The molecule has 0 atom stereocenters. The number of oxazole rings is 1. The van der Waals surface area contributed by atoms with E-state index in [1.807, 2.05) is 42.5 Å². The van der Waals surface area contributed by atoms with Crippen molar-refractivity contribution in [1.82, 2.24) is 4.57 Å². The minimum Gasteiger partial charge on any atom is -0.497 e. The SMILES string of the molecule is COc1ccc(Cn2c(=O)oc3c(Br)cccc32)cc1. The molecular formula is C15H12BrNO3. The molecule has 2 aromatic carbocycles. The summed E-state index contributed by atoms with van der Waals surface area (Å²) in [6.45, 7) is 0.465. The first-order valence-corrected chi connectivity index (χ1v) is 6.89. The summed E-state index contributed by atoms with van der Waals surface area (Å²) in [5.74, 6) is 0.434. The van der Waals surface area contributed by atoms with Gasteiger partial charge in [-0.3, -0.25) is 4.57 Å². The lowest BCUT2D eigenvalue weighted by molar-refractivity contribution is 0.414. The van der Waals surface area contributed by atoms with Gasteiger partial charge in [-0.1, -0.05) is 18.2 Å². The van der Waals surface area contributed by atoms with Crippen LogP contribution in [0.3, 0.4) is 0 Å². The van der Waals surface area contributed by atoms with E-state index in [0.717, 1.165) is 21.3 Å². The van der Waals surface area contributed by atoms with Gasteiger partial charge >= 0.3 is 5.76 Å². The standard InChI is InChI=1S/C15H12BrNO3/c1-19-11-7-5-10(6-8-11)9-17-13-4-2-3-12(16)14(13)20-15(17)18/h2-8H,9H2,1H3. The second kappa shape index (κ2) is 5.17. The van der Waals surface area contributed by atoms with Crippen LogP contribution in [0, 0.1) is 0 Å². The predicted octanol–water partition coefficient (Wildman–Crippen LogP) is 3.41. The quantitative estimate of drug-likeness (QED) is 0.737. The van der Waals surface area contributed by atoms with Crippen LogP contribution < -0.4 is 10.5 Å². The summed E-state index contributed by atoms with van der Waals surface area (Å²) < 4.78 is 12.8. The van der Waals surface area contributed by atoms with Gasteiger partial charge in [-0.05, 0) is 45.8 Å². The molecule has 3 rings (SSSR count). The number of nitrogens with zero attached hydrogens (tertiary/aromatic N) is 1. The number of hydrogen-bond donors (Lipinski definition) is 0. The van der Waals surface area contributed by atoms with Gasteiger partial charge < -0.3 is 9.15 Å². The Balaban J connectivity index is 2.04. The smallest absolute Gasteiger partial charge is 0.420 e. The van der Waals surface area contributed by atoms with Crippen molar-refractivity contribution in [3.8, 4) is 5.75 Å². The number of hydrogen-bond acceptors (Lipinski definition) is 3. The number of methoxy groups -OCH3 is 1. The molecule has 0 bridgehead atoms. The molecule has 0 amide bonds. The summed E-state index contributed by atoms with van der Waals surface area (Å²) in [6, 6.07) is 13.2. The van der Waals surface area contributed by atoms with Gasteiger partial charge in [0.15, 0.2) is 5.58 Å². The van der Waals surface area contributed by atoms with E-state index in [1.54, 1.807) is 11.7 Å². The van der Waals surface area contributed by atoms with E-state index in [9.17, 15) is 4.79 Å². The zero-order valence-corrected chi connectivity index (χ0v) is 12.4. The number of fused-ring (bicyclic) bond motifs is 1. The van der Waals surface area contributed by atoms with Crippen molar-refractivity contribution in [2.24, 2.45) is 0 Å². The summed E-state index contributed by atoms with van der Waals surface area (Å²) in [4.78, 5) is 12.0. The van der Waals surface area contributed by atoms with Crippen molar-refractivity contribution >= 4 is 27.0 Å². The second-order valence-corrected chi connectivity index (χ2v) is 5.24. The summed E-state index contributed by atoms with van der Waals surface area (Å²) in [6.07, 6.45) is 0. The monoisotopic (exact) mass is 333 g/mol. The number of ether oxygens (including phenoxy) is 1. The Bertz CT molecular complexity index is 802. The fourth-order valence-electron chi connectivity index (χ4n) is 2.12. The van der Waals surface area contributed by atoms with Crippen molar-refractivity contribution in [3.63, 3.8) is 0 Å². The molecule has 3 aromatic rings. The molecule has 0 aliphatic rings. The van der Waals surface area contributed by atoms with E-state index >= 15 is 0 Å². The Morgan fingerprint density at radius 3 is 2.65 bits per heavy atom. The van der Waals surface area contributed by atoms with Crippen molar-refractivity contribution in [3.05, 3.63) is 63.1 Å². The third kappa shape index (κ3) is 2.25. The highest BCUT2D eigenvalue weighted by Gasteiger charge is 2.11. The van der Waals surface area contributed by atoms with Crippen LogP contribution in [-0.2, 0) is 6.54 Å². The summed E-state index contributed by atoms with van der Waals surface area (Å²) in [5.41, 5.74) is 2.36. The molecule has 4 nitrogen and oxygen atoms in total. The van der Waals surface area contributed by atoms with Crippen LogP contribution >= 0.6 is 15.9 Å². The highest BCUT2D eigenvalue weighted by molar-refractivity contribution is 9.10. The van der Waals surface area contributed by atoms with Gasteiger partial charge in [-0.25, -0.2) is 4.79 Å². The van der Waals surface area contributed by atoms with Gasteiger partial charge in [0, 0.05) is 0 Å². The van der Waals surface area contributed by atoms with Crippen LogP contribution in [0.5, 0.6) is 5.75 Å². The van der Waals surface area contributed by atoms with Crippen molar-refractivity contribution < 1.29 is 9.15 Å². The first kappa shape index (κ1) is 13.0. The van der Waals surface area contributed by atoms with Crippen LogP contribution in [0.25, 0.3) is 11.1 Å². The second-order valence-electron chi connectivity index (χ2n) is 4.39. The molecule has 1 aromatic heterocycles. The summed E-state index contributed by atoms with van der Waals surface area (Å²) in [7, 11) is 1.63. The highest BCUT2D eigenvalue weighted by atomic mass is 79.9. The Kier molecular flexibility index (Phi) is 3.36. The minimum atomic E-state index is -0.359. The third-order valence-electron chi connectivity index (χ3n) is 3.15. The van der Waals surface area contributed by atoms with E-state index in [4.69, 9.17) is 9.15 Å². The summed E-state index contributed by atoms with van der Waals surface area (Å²) >= 11 is 3.39. The molecule has 0 saturated heterocycles. The largest absolute Gasteiger partial charge is 0.497 e. The zero-order valence-electron chi connectivity index (χ0n) is 10.8. The molecule has 0 saturated carbocycles. The lowest BCUT2D eigenvalue weighted by atomic mass is 10.2. The van der Waals surface area contributed by atoms with E-state index in [1.165, 1.54) is 0 Å². The third-order valence-corrected chi connectivity index (χ3v) is 3.77. The normalized spacial score (nSPS) is 10.9. The van der Waals surface area contributed by atoms with Crippen molar-refractivity contribution in [2.45, 2.75) is 6.54 Å². The number of aromatic nitrogens is 1. The Morgan fingerprint density at radius 2 is 1.95 bits per heavy atom. The lowest BCUT2D eigenvalue weighted by Crippen LogP contribution is -2.14. The van der Waals surface area contributed by atoms with Crippen LogP contribution in [-0.4, -0.2) is 11.7 Å². The highest BCUT2D eigenvalue weighted by Crippen LogP contribution is 2.23. The summed E-state index contributed by atoms with van der Waals surface area (Å²) in [5, 5.41) is 0. The van der Waals surface area contributed by atoms with Gasteiger partial charge in [0.1, 0.15) is 5.75 Å². The fraction of sp³-hybridized carbons (Fsp3) is 0.133. The van der Waals surface area contributed by atoms with Crippen LogP contribution in [0.15, 0.2) is 56.1 Å². The molecule has 0 N–H and O–H groups in total. The first-order valence-electron chi connectivity index (χ1n) is 6.10. The molecule has 0 unspecified atom stereocenters. The van der Waals surface area contributed by atoms with Gasteiger partial charge in [0.05, 0.1) is 23.6 Å². The number of benzene rings is 2. The molecule has 0 spiro atoms. The fourth-order valence-corrected chi connectivity index (χ4v) is 2.55. The molecule has 5 heteroatoms. The van der Waals surface area contributed by atoms with Gasteiger partial charge in [-0.2, -0.15) is 0 Å². The maximum absolute atomic E-state index is 12.0. The first-order chi connectivity index (χ1) is 9.69. The molecule has 1 heterocycles. The number of para-hydroxylation sites is 1. The molecule has 20 heavy (non-hydrogen) atoms. The van der Waals surface area contributed by atoms with Crippen molar-refractivity contribution in [2.75, 3.05) is 7.11 Å². The number of halogens is 1. The van der Waals surface area contributed by atoms with Crippen LogP contribution in [0.1, 0.15) is 5.56 Å². The molecule has 102 valence electrons. The average Bonchev–Trinajstić information content (AvgIpc) is 2.78. The lowest BCUT2D eigenvalue weighted by Gasteiger charge is -2.04. The zero-order chi connectivity index (χ0) is 14.1. The predicted molar refractivity (Wildman–Crippen MR) is 80.3 cm³/mol. The molecule has 0 radical (unpaired) electrons. The van der Waals surface area contributed by atoms with E-state index in [2.05, 4.69) is 15.9 Å². The molecular weight excluding hydrogens is 322 g/mol. The van der Waals surface area contributed by atoms with Crippen LogP contribution in [0.4, 0.5) is 0 Å². The Hall–Kier alpha value is -2.01. The average molecular weight is 334 g/mol. The maximum Gasteiger partial charge on any atom is 0.420 e. The molecule has 0 fully saturated rings. The van der Waals surface area contributed by atoms with Gasteiger partial charge in [0.2, 0.25) is 0 Å². The van der Waals surface area contributed by atoms with E-state index < -0.39 is 0 Å². The van der Waals surface area contributed by atoms with Gasteiger partial charge in [0.25, 0.3) is 0 Å². The van der Waals surface area contributed by atoms with E-state index in [-0.39, 0.29) is 5.76 Å². The Morgan fingerprint density at radius 1 is 1.20 bits per heavy atom. The van der Waals surface area contributed by atoms with Gasteiger partial charge in [-0.15, -0.1) is 0 Å². The van der Waals surface area contributed by atoms with E-state index in [0.29, 0.717) is 12.1 Å². The molecule has 0 aliphatic heterocycles. The maximum atomic E-state index is 12.0. The van der Waals surface area contributed by atoms with Crippen LogP contribution in [0.2, 0.25) is 0 Å².